The van der Waals surface area contributed by atoms with Crippen LogP contribution in [-0.2, 0) is 34.0 Å². The van der Waals surface area contributed by atoms with Crippen LogP contribution in [0.15, 0.2) is 139 Å². The molecule has 0 bridgehead atoms. The summed E-state index contributed by atoms with van der Waals surface area (Å²) in [6.07, 6.45) is 4.67. The topological polar surface area (TPSA) is 154 Å². The van der Waals surface area contributed by atoms with E-state index in [2.05, 4.69) is 15.0 Å². The Kier molecular flexibility index (Phi) is 8.61. The van der Waals surface area contributed by atoms with Crippen molar-refractivity contribution in [1.29, 1.82) is 0 Å². The zero-order chi connectivity index (χ0) is 35.5. The van der Waals surface area contributed by atoms with Crippen LogP contribution in [0.4, 0.5) is 17.1 Å². The van der Waals surface area contributed by atoms with Gasteiger partial charge in [-0.15, -0.1) is 0 Å². The van der Waals surface area contributed by atoms with Crippen molar-refractivity contribution in [3.8, 4) is 0 Å². The molecule has 0 aliphatic carbocycles. The van der Waals surface area contributed by atoms with Gasteiger partial charge in [0.1, 0.15) is 0 Å². The zero-order valence-corrected chi connectivity index (χ0v) is 26.6. The number of carbonyl (C=O) groups excluding carboxylic acids is 3. The minimum absolute atomic E-state index is 0.203. The first kappa shape index (κ1) is 32.2. The molecule has 0 amide bonds. The van der Waals surface area contributed by atoms with Gasteiger partial charge in [-0.2, -0.15) is 15.0 Å². The van der Waals surface area contributed by atoms with E-state index in [4.69, 9.17) is 0 Å². The monoisotopic (exact) mass is 672 g/mol. The highest BCUT2D eigenvalue weighted by atomic mass is 16.2. The molecular formula is C39H24N6O6. The van der Waals surface area contributed by atoms with Crippen LogP contribution in [0.2, 0.25) is 0 Å². The molecule has 7 rings (SSSR count). The van der Waals surface area contributed by atoms with Crippen LogP contribution in [0.3, 0.4) is 0 Å². The van der Waals surface area contributed by atoms with E-state index >= 15 is 0 Å². The standard InChI is InChI=1S/C39H24N6O6/c46-22-40-34-16-4-10-28-25(7-1-13-31(28)34)19-43-37(49)44(20-26-8-2-14-32-29(26)11-5-17-35(32)41-23-47)39(51)45(38(43)50)21-27-9-3-15-33-30(27)12-6-18-36(33)42-24-48/h1-18H,19-21H2. The number of benzene rings is 6. The quantitative estimate of drug-likeness (QED) is 0.142. The van der Waals surface area contributed by atoms with Crippen LogP contribution in [-0.4, -0.2) is 31.9 Å². The molecule has 0 saturated heterocycles. The van der Waals surface area contributed by atoms with Crippen LogP contribution in [0.1, 0.15) is 16.7 Å². The van der Waals surface area contributed by atoms with Crippen molar-refractivity contribution in [3.63, 3.8) is 0 Å². The SMILES string of the molecule is O=C=Nc1cccc2c(Cn3c(=O)n(Cc4cccc5c(N=C=O)cccc45)c(=O)n(Cc4cccc5c(N=C=O)cccc45)c3=O)cccc12. The fraction of sp³-hybridized carbons (Fsp3) is 0.0769. The summed E-state index contributed by atoms with van der Waals surface area (Å²) in [6, 6.07) is 31.2. The van der Waals surface area contributed by atoms with E-state index in [1.807, 2.05) is 0 Å². The number of aromatic nitrogens is 3. The molecule has 0 fully saturated rings. The van der Waals surface area contributed by atoms with E-state index in [-0.39, 0.29) is 19.6 Å². The molecule has 51 heavy (non-hydrogen) atoms. The maximum atomic E-state index is 14.3. The van der Waals surface area contributed by atoms with Crippen LogP contribution >= 0.6 is 0 Å². The van der Waals surface area contributed by atoms with Crippen LogP contribution < -0.4 is 17.1 Å². The van der Waals surface area contributed by atoms with Crippen molar-refractivity contribution in [2.75, 3.05) is 0 Å². The third-order valence-electron chi connectivity index (χ3n) is 8.84. The molecule has 0 atom stereocenters. The summed E-state index contributed by atoms with van der Waals surface area (Å²) in [7, 11) is 0. The molecule has 7 aromatic rings. The first-order valence-electron chi connectivity index (χ1n) is 15.6. The Bertz CT molecular complexity index is 2540. The number of fused-ring (bicyclic) bond motifs is 3. The summed E-state index contributed by atoms with van der Waals surface area (Å²) in [6.45, 7) is -0.610. The number of isocyanates is 3. The van der Waals surface area contributed by atoms with Crippen LogP contribution in [0, 0.1) is 0 Å². The predicted molar refractivity (Wildman–Crippen MR) is 192 cm³/mol. The molecular weight excluding hydrogens is 648 g/mol. The van der Waals surface area contributed by atoms with E-state index in [0.29, 0.717) is 66.1 Å². The smallest absolute Gasteiger partial charge is 0.247 e. The van der Waals surface area contributed by atoms with Gasteiger partial charge in [0.15, 0.2) is 0 Å². The summed E-state index contributed by atoms with van der Waals surface area (Å²) >= 11 is 0. The predicted octanol–water partition coefficient (Wildman–Crippen LogP) is 5.68. The van der Waals surface area contributed by atoms with Gasteiger partial charge in [0, 0.05) is 16.2 Å². The first-order chi connectivity index (χ1) is 24.9. The first-order valence-corrected chi connectivity index (χ1v) is 15.6. The highest BCUT2D eigenvalue weighted by molar-refractivity contribution is 5.97. The number of hydrogen-bond donors (Lipinski definition) is 0. The van der Waals surface area contributed by atoms with E-state index in [1.54, 1.807) is 127 Å². The minimum Gasteiger partial charge on any atom is -0.247 e. The van der Waals surface area contributed by atoms with Crippen molar-refractivity contribution >= 4 is 67.6 Å². The van der Waals surface area contributed by atoms with Gasteiger partial charge in [-0.05, 0) is 51.0 Å². The second kappa shape index (κ2) is 13.6. The fourth-order valence-corrected chi connectivity index (χ4v) is 6.53. The Balaban J connectivity index is 1.45. The summed E-state index contributed by atoms with van der Waals surface area (Å²) in [5, 5.41) is 3.81. The second-order valence-electron chi connectivity index (χ2n) is 11.6. The van der Waals surface area contributed by atoms with Gasteiger partial charge in [0.05, 0.1) is 36.7 Å². The van der Waals surface area contributed by atoms with Crippen molar-refractivity contribution < 1.29 is 14.4 Å². The van der Waals surface area contributed by atoms with E-state index < -0.39 is 17.1 Å². The van der Waals surface area contributed by atoms with Gasteiger partial charge in [-0.3, -0.25) is 0 Å². The lowest BCUT2D eigenvalue weighted by Gasteiger charge is -2.17. The van der Waals surface area contributed by atoms with E-state index in [0.717, 1.165) is 13.7 Å². The number of nitrogens with zero attached hydrogens (tertiary/aromatic N) is 6. The summed E-state index contributed by atoms with van der Waals surface area (Å²) in [4.78, 5) is 87.5. The molecule has 0 aliphatic rings. The second-order valence-corrected chi connectivity index (χ2v) is 11.6. The third-order valence-corrected chi connectivity index (χ3v) is 8.84. The maximum absolute atomic E-state index is 14.3. The molecule has 6 aromatic carbocycles. The Morgan fingerprint density at radius 1 is 0.373 bits per heavy atom. The molecule has 0 unspecified atom stereocenters. The number of rotatable bonds is 9. The van der Waals surface area contributed by atoms with Crippen LogP contribution in [0.5, 0.6) is 0 Å². The highest BCUT2D eigenvalue weighted by Gasteiger charge is 2.19. The molecule has 12 heteroatoms. The molecule has 0 saturated carbocycles. The van der Waals surface area contributed by atoms with Crippen molar-refractivity contribution in [3.05, 3.63) is 157 Å². The number of aliphatic imine (C=N–C) groups is 3. The molecule has 1 aromatic heterocycles. The van der Waals surface area contributed by atoms with Gasteiger partial charge in [0.25, 0.3) is 0 Å². The average Bonchev–Trinajstić information content (AvgIpc) is 3.15. The molecule has 0 aliphatic heterocycles. The minimum atomic E-state index is -0.833. The van der Waals surface area contributed by atoms with Gasteiger partial charge in [-0.1, -0.05) is 91.0 Å². The van der Waals surface area contributed by atoms with Crippen molar-refractivity contribution in [2.45, 2.75) is 19.6 Å². The molecule has 12 nitrogen and oxygen atoms in total. The summed E-state index contributed by atoms with van der Waals surface area (Å²) in [5.41, 5.74) is 0.366. The molecule has 0 radical (unpaired) electrons. The molecule has 246 valence electrons. The zero-order valence-electron chi connectivity index (χ0n) is 26.6. The summed E-state index contributed by atoms with van der Waals surface area (Å²) in [5.74, 6) is 0. The lowest BCUT2D eigenvalue weighted by atomic mass is 10.0. The van der Waals surface area contributed by atoms with Gasteiger partial charge in [0.2, 0.25) is 18.2 Å². The van der Waals surface area contributed by atoms with E-state index in [1.165, 1.54) is 0 Å². The lowest BCUT2D eigenvalue weighted by Crippen LogP contribution is -2.54. The Labute approximate surface area is 287 Å². The van der Waals surface area contributed by atoms with E-state index in [9.17, 15) is 28.8 Å². The fourth-order valence-electron chi connectivity index (χ4n) is 6.53. The largest absolute Gasteiger partial charge is 0.336 e. The summed E-state index contributed by atoms with van der Waals surface area (Å²) < 4.78 is 3.02. The molecule has 0 N–H and O–H groups in total. The molecule has 0 spiro atoms. The normalized spacial score (nSPS) is 10.8. The third kappa shape index (κ3) is 5.86. The Morgan fingerprint density at radius 2 is 0.627 bits per heavy atom. The van der Waals surface area contributed by atoms with Crippen molar-refractivity contribution in [2.24, 2.45) is 15.0 Å². The maximum Gasteiger partial charge on any atom is 0.336 e. The average molecular weight is 673 g/mol. The molecule has 1 heterocycles. The van der Waals surface area contributed by atoms with Gasteiger partial charge >= 0.3 is 17.1 Å². The highest BCUT2D eigenvalue weighted by Crippen LogP contribution is 2.30. The van der Waals surface area contributed by atoms with Gasteiger partial charge < -0.3 is 0 Å². The Morgan fingerprint density at radius 3 is 0.902 bits per heavy atom. The van der Waals surface area contributed by atoms with Crippen LogP contribution in [0.25, 0.3) is 32.3 Å². The number of hydrogen-bond acceptors (Lipinski definition) is 9. The van der Waals surface area contributed by atoms with Gasteiger partial charge in [-0.25, -0.2) is 42.5 Å². The van der Waals surface area contributed by atoms with Crippen molar-refractivity contribution in [1.82, 2.24) is 13.7 Å². The Hall–Kier alpha value is -7.35. The lowest BCUT2D eigenvalue weighted by molar-refractivity contribution is 0.494.